The second kappa shape index (κ2) is 5.58. The molecule has 0 aliphatic heterocycles. The van der Waals surface area contributed by atoms with Crippen LogP contribution >= 0.6 is 11.6 Å². The van der Waals surface area contributed by atoms with Crippen molar-refractivity contribution in [3.8, 4) is 0 Å². The van der Waals surface area contributed by atoms with E-state index in [2.05, 4.69) is 10.6 Å². The molecule has 82 valence electrons. The van der Waals surface area contributed by atoms with Crippen LogP contribution in [0, 0.1) is 0 Å². The molecule has 0 unspecified atom stereocenters. The number of hydrogen-bond donors (Lipinski definition) is 3. The third-order valence-electron chi connectivity index (χ3n) is 1.77. The molecule has 0 spiro atoms. The van der Waals surface area contributed by atoms with Gasteiger partial charge in [0.25, 0.3) is 0 Å². The molecule has 0 saturated carbocycles. The van der Waals surface area contributed by atoms with Crippen molar-refractivity contribution in [2.45, 2.75) is 13.0 Å². The van der Waals surface area contributed by atoms with Crippen molar-refractivity contribution in [3.05, 3.63) is 29.3 Å². The van der Waals surface area contributed by atoms with Crippen LogP contribution in [0.5, 0.6) is 0 Å². The monoisotopic (exact) mass is 228 g/mol. The molecule has 0 fully saturated rings. The summed E-state index contributed by atoms with van der Waals surface area (Å²) in [6.07, 6.45) is 0. The molecule has 1 aromatic rings. The van der Waals surface area contributed by atoms with Crippen LogP contribution < -0.4 is 10.6 Å². The van der Waals surface area contributed by atoms with E-state index in [4.69, 9.17) is 16.7 Å². The maximum atomic E-state index is 11.3. The van der Waals surface area contributed by atoms with E-state index in [0.717, 1.165) is 0 Å². The van der Waals surface area contributed by atoms with Crippen molar-refractivity contribution in [2.75, 3.05) is 11.9 Å². The third-order valence-corrected chi connectivity index (χ3v) is 2.10. The molecule has 15 heavy (non-hydrogen) atoms. The molecule has 0 heterocycles. The number of urea groups is 1. The molecular formula is C10H13ClN2O2. The molecule has 1 atom stereocenters. The third kappa shape index (κ3) is 3.77. The first-order valence-corrected chi connectivity index (χ1v) is 4.94. The Kier molecular flexibility index (Phi) is 4.39. The summed E-state index contributed by atoms with van der Waals surface area (Å²) in [5, 5.41) is 14.3. The van der Waals surface area contributed by atoms with Gasteiger partial charge in [0.2, 0.25) is 0 Å². The molecule has 0 aliphatic carbocycles. The first-order chi connectivity index (χ1) is 7.13. The number of rotatable bonds is 3. The minimum atomic E-state index is -0.385. The second-order valence-electron chi connectivity index (χ2n) is 3.16. The Morgan fingerprint density at radius 1 is 1.53 bits per heavy atom. The Morgan fingerprint density at radius 2 is 2.20 bits per heavy atom. The number of benzene rings is 1. The number of amides is 2. The molecule has 1 rings (SSSR count). The van der Waals surface area contributed by atoms with Crippen molar-refractivity contribution < 1.29 is 9.90 Å². The standard InChI is InChI=1S/C10H13ClN2O2/c1-7(6-14)12-10(15)13-9-5-3-2-4-8(9)11/h2-5,7,14H,6H2,1H3,(H2,12,13,15)/t7-/m0/s1. The molecular weight excluding hydrogens is 216 g/mol. The van der Waals surface area contributed by atoms with Gasteiger partial charge in [-0.25, -0.2) is 4.79 Å². The quantitative estimate of drug-likeness (QED) is 0.739. The summed E-state index contributed by atoms with van der Waals surface area (Å²) in [6, 6.07) is 6.27. The highest BCUT2D eigenvalue weighted by atomic mass is 35.5. The van der Waals surface area contributed by atoms with Crippen molar-refractivity contribution in [1.82, 2.24) is 5.32 Å². The molecule has 0 radical (unpaired) electrons. The molecule has 0 aliphatic rings. The van der Waals surface area contributed by atoms with E-state index in [0.29, 0.717) is 10.7 Å². The topological polar surface area (TPSA) is 61.4 Å². The fourth-order valence-corrected chi connectivity index (χ4v) is 1.17. The zero-order valence-electron chi connectivity index (χ0n) is 8.33. The normalized spacial score (nSPS) is 11.9. The van der Waals surface area contributed by atoms with Gasteiger partial charge in [0.05, 0.1) is 23.4 Å². The van der Waals surface area contributed by atoms with Gasteiger partial charge in [-0.05, 0) is 19.1 Å². The lowest BCUT2D eigenvalue weighted by Crippen LogP contribution is -2.38. The highest BCUT2D eigenvalue weighted by molar-refractivity contribution is 6.33. The second-order valence-corrected chi connectivity index (χ2v) is 3.57. The number of halogens is 1. The number of carbonyl (C=O) groups is 1. The van der Waals surface area contributed by atoms with Gasteiger partial charge in [-0.1, -0.05) is 23.7 Å². The van der Waals surface area contributed by atoms with E-state index < -0.39 is 0 Å². The number of nitrogens with one attached hydrogen (secondary N) is 2. The summed E-state index contributed by atoms with van der Waals surface area (Å²) >= 11 is 5.85. The maximum absolute atomic E-state index is 11.3. The minimum absolute atomic E-state index is 0.101. The molecule has 4 nitrogen and oxygen atoms in total. The van der Waals surface area contributed by atoms with Gasteiger partial charge in [-0.2, -0.15) is 0 Å². The van der Waals surface area contributed by atoms with Crippen LogP contribution in [0.3, 0.4) is 0 Å². The Hall–Kier alpha value is -1.26. The summed E-state index contributed by atoms with van der Waals surface area (Å²) in [6.45, 7) is 1.60. The van der Waals surface area contributed by atoms with E-state index in [-0.39, 0.29) is 18.7 Å². The summed E-state index contributed by atoms with van der Waals surface area (Å²) < 4.78 is 0. The van der Waals surface area contributed by atoms with Gasteiger partial charge in [0.1, 0.15) is 0 Å². The van der Waals surface area contributed by atoms with Crippen molar-refractivity contribution in [1.29, 1.82) is 0 Å². The first-order valence-electron chi connectivity index (χ1n) is 4.56. The highest BCUT2D eigenvalue weighted by Crippen LogP contribution is 2.19. The molecule has 0 bridgehead atoms. The lowest BCUT2D eigenvalue weighted by atomic mass is 10.3. The van der Waals surface area contributed by atoms with E-state index in [9.17, 15) is 4.79 Å². The number of anilines is 1. The van der Waals surface area contributed by atoms with Gasteiger partial charge in [0.15, 0.2) is 0 Å². The van der Waals surface area contributed by atoms with Gasteiger partial charge in [-0.15, -0.1) is 0 Å². The number of hydrogen-bond acceptors (Lipinski definition) is 2. The predicted molar refractivity (Wildman–Crippen MR) is 60.2 cm³/mol. The molecule has 0 saturated heterocycles. The van der Waals surface area contributed by atoms with Crippen LogP contribution in [0.2, 0.25) is 5.02 Å². The van der Waals surface area contributed by atoms with Crippen LogP contribution in [0.15, 0.2) is 24.3 Å². The smallest absolute Gasteiger partial charge is 0.319 e. The average Bonchev–Trinajstić information content (AvgIpc) is 2.21. The Morgan fingerprint density at radius 3 is 2.80 bits per heavy atom. The molecule has 3 N–H and O–H groups in total. The SMILES string of the molecule is C[C@@H](CO)NC(=O)Nc1ccccc1Cl. The zero-order chi connectivity index (χ0) is 11.3. The van der Waals surface area contributed by atoms with E-state index in [1.54, 1.807) is 31.2 Å². The number of aliphatic hydroxyl groups excluding tert-OH is 1. The van der Waals surface area contributed by atoms with Crippen LogP contribution in [0.1, 0.15) is 6.92 Å². The summed E-state index contributed by atoms with van der Waals surface area (Å²) in [5.74, 6) is 0. The first kappa shape index (κ1) is 11.8. The van der Waals surface area contributed by atoms with Crippen LogP contribution in [-0.4, -0.2) is 23.8 Å². The number of carbonyl (C=O) groups excluding carboxylic acids is 1. The van der Waals surface area contributed by atoms with Crippen molar-refractivity contribution in [3.63, 3.8) is 0 Å². The average molecular weight is 229 g/mol. The Bertz CT molecular complexity index is 344. The van der Waals surface area contributed by atoms with Crippen LogP contribution in [0.25, 0.3) is 0 Å². The highest BCUT2D eigenvalue weighted by Gasteiger charge is 2.07. The Labute approximate surface area is 93.2 Å². The lowest BCUT2D eigenvalue weighted by molar-refractivity contribution is 0.229. The Balaban J connectivity index is 2.55. The van der Waals surface area contributed by atoms with Crippen LogP contribution in [0.4, 0.5) is 10.5 Å². The molecule has 1 aromatic carbocycles. The lowest BCUT2D eigenvalue weighted by Gasteiger charge is -2.12. The molecule has 0 aromatic heterocycles. The van der Waals surface area contributed by atoms with Gasteiger partial charge >= 0.3 is 6.03 Å². The van der Waals surface area contributed by atoms with E-state index in [1.165, 1.54) is 0 Å². The van der Waals surface area contributed by atoms with Crippen LogP contribution in [-0.2, 0) is 0 Å². The summed E-state index contributed by atoms with van der Waals surface area (Å²) in [5.41, 5.74) is 0.543. The summed E-state index contributed by atoms with van der Waals surface area (Å²) in [4.78, 5) is 11.3. The van der Waals surface area contributed by atoms with Gasteiger partial charge in [0, 0.05) is 0 Å². The maximum Gasteiger partial charge on any atom is 0.319 e. The van der Waals surface area contributed by atoms with E-state index in [1.807, 2.05) is 0 Å². The predicted octanol–water partition coefficient (Wildman–Crippen LogP) is 1.84. The fraction of sp³-hybridized carbons (Fsp3) is 0.300. The van der Waals surface area contributed by atoms with Crippen molar-refractivity contribution in [2.24, 2.45) is 0 Å². The number of para-hydroxylation sites is 1. The van der Waals surface area contributed by atoms with Gasteiger partial charge in [-0.3, -0.25) is 0 Å². The van der Waals surface area contributed by atoms with Crippen molar-refractivity contribution >= 4 is 23.3 Å². The van der Waals surface area contributed by atoms with Gasteiger partial charge < -0.3 is 15.7 Å². The number of aliphatic hydroxyl groups is 1. The fourth-order valence-electron chi connectivity index (χ4n) is 0.990. The largest absolute Gasteiger partial charge is 0.394 e. The van der Waals surface area contributed by atoms with E-state index >= 15 is 0 Å². The minimum Gasteiger partial charge on any atom is -0.394 e. The zero-order valence-corrected chi connectivity index (χ0v) is 9.08. The molecule has 2 amide bonds. The summed E-state index contributed by atoms with van der Waals surface area (Å²) in [7, 11) is 0. The molecule has 5 heteroatoms.